The fraction of sp³-hybridized carbons (Fsp3) is 0.368. The molecule has 140 valence electrons. The molecule has 1 fully saturated rings. The highest BCUT2D eigenvalue weighted by molar-refractivity contribution is 8.18. The Bertz CT molecular complexity index is 896. The maximum atomic E-state index is 12.2. The van der Waals surface area contributed by atoms with Crippen LogP contribution < -0.4 is 0 Å². The molecule has 0 unspecified atom stereocenters. The number of hydrogen-bond acceptors (Lipinski definition) is 6. The van der Waals surface area contributed by atoms with Crippen molar-refractivity contribution in [2.24, 2.45) is 12.0 Å². The van der Waals surface area contributed by atoms with Crippen molar-refractivity contribution >= 4 is 28.9 Å². The van der Waals surface area contributed by atoms with Crippen molar-refractivity contribution in [1.82, 2.24) is 24.6 Å². The predicted molar refractivity (Wildman–Crippen MR) is 107 cm³/mol. The van der Waals surface area contributed by atoms with Gasteiger partial charge in [0.1, 0.15) is 0 Å². The molecule has 0 spiro atoms. The number of amidine groups is 1. The zero-order valence-electron chi connectivity index (χ0n) is 15.5. The summed E-state index contributed by atoms with van der Waals surface area (Å²) in [5.41, 5.74) is 3.28. The number of thioether (sulfide) groups is 1. The van der Waals surface area contributed by atoms with Crippen LogP contribution in [0, 0.1) is 6.92 Å². The Morgan fingerprint density at radius 1 is 1.26 bits per heavy atom. The second-order valence-electron chi connectivity index (χ2n) is 6.77. The van der Waals surface area contributed by atoms with Crippen LogP contribution in [0.25, 0.3) is 6.08 Å². The number of carbonyl (C=O) groups excluding carboxylic acids is 1. The SMILES string of the molecule is Cc1nn(C)cc1CN1CCN(C2=NC(=O)C(=Cc3cccnc3)S2)CC1. The van der Waals surface area contributed by atoms with Crippen LogP contribution in [0.5, 0.6) is 0 Å². The van der Waals surface area contributed by atoms with E-state index in [2.05, 4.69) is 38.0 Å². The van der Waals surface area contributed by atoms with E-state index in [1.54, 1.807) is 12.4 Å². The van der Waals surface area contributed by atoms with E-state index in [-0.39, 0.29) is 5.91 Å². The van der Waals surface area contributed by atoms with E-state index in [1.165, 1.54) is 17.3 Å². The van der Waals surface area contributed by atoms with Gasteiger partial charge in [0.15, 0.2) is 5.17 Å². The molecule has 1 amide bonds. The van der Waals surface area contributed by atoms with Gasteiger partial charge >= 0.3 is 0 Å². The Balaban J connectivity index is 1.35. The summed E-state index contributed by atoms with van der Waals surface area (Å²) in [6.07, 6.45) is 7.42. The lowest BCUT2D eigenvalue weighted by Crippen LogP contribution is -2.47. The normalized spacial score (nSPS) is 19.8. The molecular weight excluding hydrogens is 360 g/mol. The highest BCUT2D eigenvalue weighted by Crippen LogP contribution is 2.30. The molecule has 0 aromatic carbocycles. The largest absolute Gasteiger partial charge is 0.348 e. The van der Waals surface area contributed by atoms with Gasteiger partial charge in [0.05, 0.1) is 10.6 Å². The average molecular weight is 382 g/mol. The zero-order chi connectivity index (χ0) is 18.8. The zero-order valence-corrected chi connectivity index (χ0v) is 16.3. The van der Waals surface area contributed by atoms with Crippen LogP contribution in [-0.2, 0) is 18.4 Å². The van der Waals surface area contributed by atoms with Crippen LogP contribution in [0.2, 0.25) is 0 Å². The van der Waals surface area contributed by atoms with Crippen molar-refractivity contribution < 1.29 is 4.79 Å². The first-order chi connectivity index (χ1) is 13.1. The summed E-state index contributed by atoms with van der Waals surface area (Å²) in [5.74, 6) is -0.160. The molecule has 7 nitrogen and oxygen atoms in total. The number of aliphatic imine (C=N–C) groups is 1. The Morgan fingerprint density at radius 3 is 2.74 bits per heavy atom. The van der Waals surface area contributed by atoms with Gasteiger partial charge in [-0.25, -0.2) is 0 Å². The maximum absolute atomic E-state index is 12.2. The van der Waals surface area contributed by atoms with E-state index in [0.717, 1.165) is 49.1 Å². The van der Waals surface area contributed by atoms with Crippen molar-refractivity contribution in [3.63, 3.8) is 0 Å². The molecule has 0 aliphatic carbocycles. The minimum Gasteiger partial charge on any atom is -0.348 e. The highest BCUT2D eigenvalue weighted by Gasteiger charge is 2.28. The minimum atomic E-state index is -0.160. The topological polar surface area (TPSA) is 66.6 Å². The Labute approximate surface area is 162 Å². The number of hydrogen-bond donors (Lipinski definition) is 0. The van der Waals surface area contributed by atoms with Crippen molar-refractivity contribution in [1.29, 1.82) is 0 Å². The molecule has 4 heterocycles. The minimum absolute atomic E-state index is 0.160. The van der Waals surface area contributed by atoms with E-state index in [9.17, 15) is 4.79 Å². The quantitative estimate of drug-likeness (QED) is 0.756. The lowest BCUT2D eigenvalue weighted by Gasteiger charge is -2.35. The van der Waals surface area contributed by atoms with Gasteiger partial charge in [0.2, 0.25) is 0 Å². The number of amides is 1. The van der Waals surface area contributed by atoms with Crippen molar-refractivity contribution in [2.45, 2.75) is 13.5 Å². The first-order valence-electron chi connectivity index (χ1n) is 8.97. The highest BCUT2D eigenvalue weighted by atomic mass is 32.2. The fourth-order valence-corrected chi connectivity index (χ4v) is 4.25. The van der Waals surface area contributed by atoms with Crippen LogP contribution in [0.4, 0.5) is 0 Å². The summed E-state index contributed by atoms with van der Waals surface area (Å²) in [7, 11) is 1.96. The van der Waals surface area contributed by atoms with Crippen LogP contribution in [0.3, 0.4) is 0 Å². The summed E-state index contributed by atoms with van der Waals surface area (Å²) in [5, 5.41) is 5.23. The molecule has 0 bridgehead atoms. The van der Waals surface area contributed by atoms with Crippen molar-refractivity contribution in [3.8, 4) is 0 Å². The van der Waals surface area contributed by atoms with Crippen LogP contribution in [0.15, 0.2) is 40.6 Å². The number of piperazine rings is 1. The van der Waals surface area contributed by atoms with Gasteiger partial charge < -0.3 is 4.90 Å². The summed E-state index contributed by atoms with van der Waals surface area (Å²) >= 11 is 1.46. The first-order valence-corrected chi connectivity index (χ1v) is 9.79. The summed E-state index contributed by atoms with van der Waals surface area (Å²) < 4.78 is 1.87. The molecular formula is C19H22N6OS. The summed E-state index contributed by atoms with van der Waals surface area (Å²) in [6, 6.07) is 3.80. The number of nitrogens with zero attached hydrogens (tertiary/aromatic N) is 6. The lowest BCUT2D eigenvalue weighted by atomic mass is 10.2. The van der Waals surface area contributed by atoms with Gasteiger partial charge in [0.25, 0.3) is 5.91 Å². The van der Waals surface area contributed by atoms with Gasteiger partial charge in [0, 0.05) is 63.9 Å². The van der Waals surface area contributed by atoms with Gasteiger partial charge in [-0.15, -0.1) is 0 Å². The Hall–Kier alpha value is -2.45. The third kappa shape index (κ3) is 4.12. The van der Waals surface area contributed by atoms with Gasteiger partial charge in [-0.3, -0.25) is 19.4 Å². The number of aryl methyl sites for hydroxylation is 2. The van der Waals surface area contributed by atoms with E-state index < -0.39 is 0 Å². The smallest absolute Gasteiger partial charge is 0.286 e. The number of carbonyl (C=O) groups is 1. The van der Waals surface area contributed by atoms with Crippen LogP contribution in [0.1, 0.15) is 16.8 Å². The third-order valence-corrected chi connectivity index (χ3v) is 5.79. The van der Waals surface area contributed by atoms with Crippen LogP contribution in [-0.4, -0.2) is 61.8 Å². The molecule has 0 radical (unpaired) electrons. The lowest BCUT2D eigenvalue weighted by molar-refractivity contribution is -0.113. The second kappa shape index (κ2) is 7.66. The van der Waals surface area contributed by atoms with Gasteiger partial charge in [-0.2, -0.15) is 10.1 Å². The number of rotatable bonds is 3. The third-order valence-electron chi connectivity index (χ3n) is 4.74. The molecule has 2 aliphatic rings. The molecule has 4 rings (SSSR count). The maximum Gasteiger partial charge on any atom is 0.286 e. The molecule has 27 heavy (non-hydrogen) atoms. The van der Waals surface area contributed by atoms with E-state index in [1.807, 2.05) is 29.9 Å². The summed E-state index contributed by atoms with van der Waals surface area (Å²) in [4.78, 5) is 25.9. The number of aromatic nitrogens is 3. The second-order valence-corrected chi connectivity index (χ2v) is 7.78. The van der Waals surface area contributed by atoms with Gasteiger partial charge in [-0.05, 0) is 36.4 Å². The molecule has 1 saturated heterocycles. The molecule has 2 aliphatic heterocycles. The van der Waals surface area contributed by atoms with E-state index >= 15 is 0 Å². The molecule has 2 aromatic rings. The Morgan fingerprint density at radius 2 is 2.07 bits per heavy atom. The van der Waals surface area contributed by atoms with Crippen molar-refractivity contribution in [3.05, 3.63) is 52.4 Å². The van der Waals surface area contributed by atoms with E-state index in [0.29, 0.717) is 4.91 Å². The monoisotopic (exact) mass is 382 g/mol. The standard InChI is InChI=1S/C19H22N6OS/c1-14-16(12-23(2)22-14)13-24-6-8-25(9-7-24)19-21-18(26)17(27-19)10-15-4-3-5-20-11-15/h3-5,10-12H,6-9,13H2,1-2H3. The fourth-order valence-electron chi connectivity index (χ4n) is 3.29. The molecule has 0 atom stereocenters. The number of pyridine rings is 1. The van der Waals surface area contributed by atoms with Crippen molar-refractivity contribution in [2.75, 3.05) is 26.2 Å². The molecule has 2 aromatic heterocycles. The predicted octanol–water partition coefficient (Wildman–Crippen LogP) is 1.91. The Kier molecular flexibility index (Phi) is 5.09. The molecule has 0 saturated carbocycles. The summed E-state index contributed by atoms with van der Waals surface area (Å²) in [6.45, 7) is 6.61. The average Bonchev–Trinajstić information content (AvgIpc) is 3.18. The molecule has 8 heteroatoms. The van der Waals surface area contributed by atoms with E-state index in [4.69, 9.17) is 0 Å². The van der Waals surface area contributed by atoms with Gasteiger partial charge in [-0.1, -0.05) is 6.07 Å². The first kappa shape index (κ1) is 17.9. The molecule has 0 N–H and O–H groups in total. The van der Waals surface area contributed by atoms with Crippen LogP contribution >= 0.6 is 11.8 Å².